The third kappa shape index (κ3) is 1.40. The Morgan fingerprint density at radius 3 is 2.58 bits per heavy atom. The van der Waals surface area contributed by atoms with Crippen LogP contribution in [0.1, 0.15) is 11.1 Å². The maximum atomic E-state index is 8.68. The Kier molecular flexibility index (Phi) is 2.35. The first-order valence-electron chi connectivity index (χ1n) is 3.86. The molecule has 0 bridgehead atoms. The highest BCUT2D eigenvalue weighted by Crippen LogP contribution is 2.20. The lowest BCUT2D eigenvalue weighted by atomic mass is 10.1. The molecule has 1 rings (SSSR count). The lowest BCUT2D eigenvalue weighted by Crippen LogP contribution is -2.09. The van der Waals surface area contributed by atoms with E-state index < -0.39 is 0 Å². The van der Waals surface area contributed by atoms with Gasteiger partial charge in [0.2, 0.25) is 0 Å². The number of hydrogen-bond donors (Lipinski definition) is 0. The molecule has 0 N–H and O–H groups in total. The van der Waals surface area contributed by atoms with Gasteiger partial charge in [0, 0.05) is 7.05 Å². The van der Waals surface area contributed by atoms with Crippen LogP contribution in [0.5, 0.6) is 0 Å². The molecule has 0 radical (unpaired) electrons. The second-order valence-electron chi connectivity index (χ2n) is 2.88. The van der Waals surface area contributed by atoms with Crippen LogP contribution in [0.15, 0.2) is 18.2 Å². The molecule has 1 aromatic rings. The molecule has 0 aliphatic rings. The van der Waals surface area contributed by atoms with E-state index in [-0.39, 0.29) is 0 Å². The third-order valence-electron chi connectivity index (χ3n) is 2.09. The first-order chi connectivity index (χ1) is 5.66. The summed E-state index contributed by atoms with van der Waals surface area (Å²) in [4.78, 5) is 1.57. The van der Waals surface area contributed by atoms with Crippen LogP contribution < -0.4 is 4.90 Å². The molecular weight excluding hydrogens is 148 g/mol. The topological polar surface area (TPSA) is 27.0 Å². The van der Waals surface area contributed by atoms with Gasteiger partial charge < -0.3 is 0 Å². The van der Waals surface area contributed by atoms with Crippen molar-refractivity contribution in [1.29, 1.82) is 5.26 Å². The average molecular weight is 160 g/mol. The highest BCUT2D eigenvalue weighted by molar-refractivity contribution is 5.57. The van der Waals surface area contributed by atoms with Crippen LogP contribution in [0, 0.1) is 25.3 Å². The van der Waals surface area contributed by atoms with Crippen molar-refractivity contribution in [3.8, 4) is 6.19 Å². The smallest absolute Gasteiger partial charge is 0.184 e. The Morgan fingerprint density at radius 2 is 2.00 bits per heavy atom. The van der Waals surface area contributed by atoms with E-state index in [4.69, 9.17) is 5.26 Å². The third-order valence-corrected chi connectivity index (χ3v) is 2.09. The Bertz CT molecular complexity index is 323. The molecule has 2 nitrogen and oxygen atoms in total. The van der Waals surface area contributed by atoms with Crippen LogP contribution in [-0.2, 0) is 0 Å². The fourth-order valence-corrected chi connectivity index (χ4v) is 1.15. The molecule has 0 fully saturated rings. The van der Waals surface area contributed by atoms with E-state index in [9.17, 15) is 0 Å². The van der Waals surface area contributed by atoms with Crippen molar-refractivity contribution in [2.45, 2.75) is 13.8 Å². The first-order valence-corrected chi connectivity index (χ1v) is 3.86. The molecule has 0 aliphatic carbocycles. The summed E-state index contributed by atoms with van der Waals surface area (Å²) in [6.45, 7) is 4.07. The zero-order chi connectivity index (χ0) is 9.14. The lowest BCUT2D eigenvalue weighted by molar-refractivity contribution is 1.17. The van der Waals surface area contributed by atoms with Crippen molar-refractivity contribution in [3.05, 3.63) is 29.3 Å². The van der Waals surface area contributed by atoms with Gasteiger partial charge in [0.15, 0.2) is 6.19 Å². The predicted molar refractivity (Wildman–Crippen MR) is 49.9 cm³/mol. The van der Waals surface area contributed by atoms with Crippen molar-refractivity contribution in [3.63, 3.8) is 0 Å². The van der Waals surface area contributed by atoms with Crippen LogP contribution in [0.3, 0.4) is 0 Å². The Balaban J connectivity index is 3.18. The fraction of sp³-hybridized carbons (Fsp3) is 0.300. The second-order valence-corrected chi connectivity index (χ2v) is 2.88. The van der Waals surface area contributed by atoms with E-state index in [0.29, 0.717) is 0 Å². The van der Waals surface area contributed by atoms with Crippen molar-refractivity contribution >= 4 is 5.69 Å². The SMILES string of the molecule is Cc1cccc(N(C)C#N)c1C. The van der Waals surface area contributed by atoms with Gasteiger partial charge in [-0.15, -0.1) is 0 Å². The molecular formula is C10H12N2. The fourth-order valence-electron chi connectivity index (χ4n) is 1.15. The van der Waals surface area contributed by atoms with Gasteiger partial charge in [-0.3, -0.25) is 4.90 Å². The standard InChI is InChI=1S/C10H12N2/c1-8-5-4-6-10(9(8)2)12(3)7-11/h4-6H,1-3H3. The van der Waals surface area contributed by atoms with Gasteiger partial charge in [-0.2, -0.15) is 5.26 Å². The number of aryl methyl sites for hydroxylation is 1. The summed E-state index contributed by atoms with van der Waals surface area (Å²) >= 11 is 0. The Hall–Kier alpha value is -1.49. The van der Waals surface area contributed by atoms with Crippen molar-refractivity contribution < 1.29 is 0 Å². The van der Waals surface area contributed by atoms with Crippen LogP contribution in [-0.4, -0.2) is 7.05 Å². The monoisotopic (exact) mass is 160 g/mol. The number of anilines is 1. The predicted octanol–water partition coefficient (Wildman–Crippen LogP) is 2.22. The van der Waals surface area contributed by atoms with Crippen molar-refractivity contribution in [2.24, 2.45) is 0 Å². The molecule has 0 saturated carbocycles. The van der Waals surface area contributed by atoms with E-state index in [1.54, 1.807) is 11.9 Å². The van der Waals surface area contributed by atoms with E-state index in [2.05, 4.69) is 6.19 Å². The van der Waals surface area contributed by atoms with Crippen LogP contribution in [0.25, 0.3) is 0 Å². The molecule has 0 heterocycles. The van der Waals surface area contributed by atoms with Gasteiger partial charge in [-0.05, 0) is 31.0 Å². The minimum absolute atomic E-state index is 0.984. The second kappa shape index (κ2) is 3.27. The maximum absolute atomic E-state index is 8.68. The number of rotatable bonds is 1. The van der Waals surface area contributed by atoms with Crippen LogP contribution >= 0.6 is 0 Å². The lowest BCUT2D eigenvalue weighted by Gasteiger charge is -2.13. The Morgan fingerprint density at radius 1 is 1.33 bits per heavy atom. The molecule has 0 amide bonds. The van der Waals surface area contributed by atoms with Crippen molar-refractivity contribution in [1.82, 2.24) is 0 Å². The maximum Gasteiger partial charge on any atom is 0.184 e. The van der Waals surface area contributed by atoms with Crippen LogP contribution in [0.2, 0.25) is 0 Å². The van der Waals surface area contributed by atoms with E-state index >= 15 is 0 Å². The zero-order valence-corrected chi connectivity index (χ0v) is 7.63. The molecule has 0 atom stereocenters. The first kappa shape index (κ1) is 8.61. The molecule has 12 heavy (non-hydrogen) atoms. The number of hydrogen-bond acceptors (Lipinski definition) is 2. The molecule has 0 aromatic heterocycles. The summed E-state index contributed by atoms with van der Waals surface area (Å²) in [5.74, 6) is 0. The molecule has 0 spiro atoms. The summed E-state index contributed by atoms with van der Waals surface area (Å²) < 4.78 is 0. The van der Waals surface area contributed by atoms with E-state index in [1.165, 1.54) is 11.1 Å². The van der Waals surface area contributed by atoms with Gasteiger partial charge in [0.05, 0.1) is 5.69 Å². The molecule has 0 aliphatic heterocycles. The summed E-state index contributed by atoms with van der Waals surface area (Å²) in [6, 6.07) is 5.96. The molecule has 1 aromatic carbocycles. The van der Waals surface area contributed by atoms with Gasteiger partial charge in [0.25, 0.3) is 0 Å². The highest BCUT2D eigenvalue weighted by atomic mass is 15.1. The number of benzene rings is 1. The molecule has 2 heteroatoms. The summed E-state index contributed by atoms with van der Waals surface area (Å²) in [6.07, 6.45) is 2.08. The van der Waals surface area contributed by atoms with Crippen LogP contribution in [0.4, 0.5) is 5.69 Å². The van der Waals surface area contributed by atoms with Gasteiger partial charge >= 0.3 is 0 Å². The summed E-state index contributed by atoms with van der Waals surface area (Å²) in [5, 5.41) is 8.68. The summed E-state index contributed by atoms with van der Waals surface area (Å²) in [7, 11) is 1.77. The normalized spacial score (nSPS) is 9.17. The minimum Gasteiger partial charge on any atom is -0.282 e. The highest BCUT2D eigenvalue weighted by Gasteiger charge is 2.03. The van der Waals surface area contributed by atoms with Gasteiger partial charge in [-0.1, -0.05) is 12.1 Å². The zero-order valence-electron chi connectivity index (χ0n) is 7.63. The van der Waals surface area contributed by atoms with E-state index in [0.717, 1.165) is 5.69 Å². The van der Waals surface area contributed by atoms with Crippen molar-refractivity contribution in [2.75, 3.05) is 11.9 Å². The quantitative estimate of drug-likeness (QED) is 0.465. The Labute approximate surface area is 73.0 Å². The summed E-state index contributed by atoms with van der Waals surface area (Å²) in [5.41, 5.74) is 3.37. The van der Waals surface area contributed by atoms with Gasteiger partial charge in [0.1, 0.15) is 0 Å². The minimum atomic E-state index is 0.984. The molecule has 62 valence electrons. The molecule has 0 unspecified atom stereocenters. The average Bonchev–Trinajstić information content (AvgIpc) is 2.08. The number of nitrogens with zero attached hydrogens (tertiary/aromatic N) is 2. The van der Waals surface area contributed by atoms with Gasteiger partial charge in [-0.25, -0.2) is 0 Å². The van der Waals surface area contributed by atoms with E-state index in [1.807, 2.05) is 32.0 Å². The number of nitriles is 1. The molecule has 0 saturated heterocycles. The largest absolute Gasteiger partial charge is 0.282 e.